The van der Waals surface area contributed by atoms with Gasteiger partial charge >= 0.3 is 0 Å². The van der Waals surface area contributed by atoms with Crippen LogP contribution in [-0.2, 0) is 16.0 Å². The van der Waals surface area contributed by atoms with Gasteiger partial charge in [-0.15, -0.1) is 0 Å². The summed E-state index contributed by atoms with van der Waals surface area (Å²) in [4.78, 5) is 35.9. The van der Waals surface area contributed by atoms with Crippen LogP contribution in [0.1, 0.15) is 28.4 Å². The Balaban J connectivity index is 1.77. The third kappa shape index (κ3) is 5.44. The minimum absolute atomic E-state index is 0.156. The van der Waals surface area contributed by atoms with Gasteiger partial charge in [-0.2, -0.15) is 0 Å². The van der Waals surface area contributed by atoms with Gasteiger partial charge in [0.1, 0.15) is 0 Å². The van der Waals surface area contributed by atoms with Crippen LogP contribution in [0.3, 0.4) is 0 Å². The van der Waals surface area contributed by atoms with Gasteiger partial charge in [0, 0.05) is 11.3 Å². The normalized spacial score (nSPS) is 10.1. The molecular formula is C20H23N3O3. The fourth-order valence-electron chi connectivity index (χ4n) is 2.47. The second-order valence-electron chi connectivity index (χ2n) is 5.83. The number of amides is 3. The van der Waals surface area contributed by atoms with E-state index >= 15 is 0 Å². The summed E-state index contributed by atoms with van der Waals surface area (Å²) in [6, 6.07) is 14.6. The Morgan fingerprint density at radius 1 is 0.846 bits per heavy atom. The topological polar surface area (TPSA) is 87.3 Å². The maximum Gasteiger partial charge on any atom is 0.251 e. The van der Waals surface area contributed by atoms with Crippen molar-refractivity contribution in [3.05, 3.63) is 65.2 Å². The van der Waals surface area contributed by atoms with Crippen molar-refractivity contribution in [3.63, 3.8) is 0 Å². The Hall–Kier alpha value is -3.15. The van der Waals surface area contributed by atoms with Crippen molar-refractivity contribution < 1.29 is 14.4 Å². The standard InChI is InChI=1S/C20H23N3O3/c1-3-15-9-5-7-11-17(15)23-19(25)13-21-18(24)12-22-20(26)16-10-6-4-8-14(16)2/h4-11H,3,12-13H2,1-2H3,(H,21,24)(H,22,26)(H,23,25). The van der Waals surface area contributed by atoms with Crippen molar-refractivity contribution in [1.82, 2.24) is 10.6 Å². The van der Waals surface area contributed by atoms with Crippen LogP contribution in [0.5, 0.6) is 0 Å². The SMILES string of the molecule is CCc1ccccc1NC(=O)CNC(=O)CNC(=O)c1ccccc1C. The van der Waals surface area contributed by atoms with Gasteiger partial charge in [0.2, 0.25) is 11.8 Å². The van der Waals surface area contributed by atoms with E-state index in [1.54, 1.807) is 12.1 Å². The highest BCUT2D eigenvalue weighted by molar-refractivity contribution is 5.98. The first-order valence-corrected chi connectivity index (χ1v) is 8.49. The summed E-state index contributed by atoms with van der Waals surface area (Å²) in [5.74, 6) is -1.06. The minimum Gasteiger partial charge on any atom is -0.345 e. The molecule has 2 aromatic rings. The van der Waals surface area contributed by atoms with E-state index in [2.05, 4.69) is 16.0 Å². The molecule has 0 aliphatic rings. The smallest absolute Gasteiger partial charge is 0.251 e. The predicted molar refractivity (Wildman–Crippen MR) is 101 cm³/mol. The molecule has 0 fully saturated rings. The monoisotopic (exact) mass is 353 g/mol. The first kappa shape index (κ1) is 19.2. The van der Waals surface area contributed by atoms with Crippen molar-refractivity contribution >= 4 is 23.4 Å². The molecule has 6 nitrogen and oxygen atoms in total. The van der Waals surface area contributed by atoms with Crippen LogP contribution < -0.4 is 16.0 Å². The van der Waals surface area contributed by atoms with Crippen LogP contribution in [0, 0.1) is 6.92 Å². The molecule has 0 aliphatic carbocycles. The van der Waals surface area contributed by atoms with E-state index in [1.807, 2.05) is 50.2 Å². The van der Waals surface area contributed by atoms with E-state index < -0.39 is 5.91 Å². The molecule has 6 heteroatoms. The Morgan fingerprint density at radius 3 is 2.23 bits per heavy atom. The first-order valence-electron chi connectivity index (χ1n) is 8.49. The molecule has 0 aromatic heterocycles. The highest BCUT2D eigenvalue weighted by atomic mass is 16.2. The van der Waals surface area contributed by atoms with Crippen molar-refractivity contribution in [2.24, 2.45) is 0 Å². The van der Waals surface area contributed by atoms with Gasteiger partial charge in [-0.05, 0) is 36.6 Å². The molecule has 2 aromatic carbocycles. The maximum atomic E-state index is 12.0. The fourth-order valence-corrected chi connectivity index (χ4v) is 2.47. The summed E-state index contributed by atoms with van der Waals surface area (Å²) in [7, 11) is 0. The van der Waals surface area contributed by atoms with E-state index in [9.17, 15) is 14.4 Å². The number of para-hydroxylation sites is 1. The van der Waals surface area contributed by atoms with E-state index in [1.165, 1.54) is 0 Å². The molecule has 26 heavy (non-hydrogen) atoms. The number of hydrogen-bond acceptors (Lipinski definition) is 3. The number of rotatable bonds is 7. The maximum absolute atomic E-state index is 12.0. The molecule has 136 valence electrons. The summed E-state index contributed by atoms with van der Waals surface area (Å²) in [5.41, 5.74) is 3.12. The Bertz CT molecular complexity index is 802. The first-order chi connectivity index (χ1) is 12.5. The van der Waals surface area contributed by atoms with Gasteiger partial charge in [-0.1, -0.05) is 43.3 Å². The number of hydrogen-bond donors (Lipinski definition) is 3. The van der Waals surface area contributed by atoms with Gasteiger partial charge in [-0.3, -0.25) is 14.4 Å². The zero-order chi connectivity index (χ0) is 18.9. The lowest BCUT2D eigenvalue weighted by atomic mass is 10.1. The van der Waals surface area contributed by atoms with Crippen LogP contribution in [0.4, 0.5) is 5.69 Å². The largest absolute Gasteiger partial charge is 0.345 e. The molecule has 0 spiro atoms. The van der Waals surface area contributed by atoms with E-state index in [0.29, 0.717) is 5.56 Å². The third-order valence-electron chi connectivity index (χ3n) is 3.92. The summed E-state index contributed by atoms with van der Waals surface area (Å²) >= 11 is 0. The Labute approximate surface area is 153 Å². The predicted octanol–water partition coefficient (Wildman–Crippen LogP) is 2.04. The lowest BCUT2D eigenvalue weighted by Gasteiger charge is -2.11. The average Bonchev–Trinajstić information content (AvgIpc) is 2.65. The van der Waals surface area contributed by atoms with E-state index in [4.69, 9.17) is 0 Å². The van der Waals surface area contributed by atoms with E-state index in [-0.39, 0.29) is 24.9 Å². The molecule has 0 heterocycles. The zero-order valence-electron chi connectivity index (χ0n) is 15.0. The molecule has 3 amide bonds. The zero-order valence-corrected chi connectivity index (χ0v) is 15.0. The van der Waals surface area contributed by atoms with Crippen molar-refractivity contribution in [2.75, 3.05) is 18.4 Å². The molecule has 2 rings (SSSR count). The lowest BCUT2D eigenvalue weighted by Crippen LogP contribution is -2.40. The molecule has 0 radical (unpaired) electrons. The van der Waals surface area contributed by atoms with Gasteiger partial charge in [0.25, 0.3) is 5.91 Å². The number of nitrogens with one attached hydrogen (secondary N) is 3. The summed E-state index contributed by atoms with van der Waals surface area (Å²) in [6.45, 7) is 3.49. The van der Waals surface area contributed by atoms with Crippen molar-refractivity contribution in [2.45, 2.75) is 20.3 Å². The summed E-state index contributed by atoms with van der Waals surface area (Å²) in [5, 5.41) is 7.82. The summed E-state index contributed by atoms with van der Waals surface area (Å²) < 4.78 is 0. The van der Waals surface area contributed by atoms with Crippen LogP contribution in [-0.4, -0.2) is 30.8 Å². The van der Waals surface area contributed by atoms with Crippen LogP contribution in [0.25, 0.3) is 0 Å². The van der Waals surface area contributed by atoms with Crippen molar-refractivity contribution in [3.8, 4) is 0 Å². The molecule has 0 unspecified atom stereocenters. The molecule has 3 N–H and O–H groups in total. The Morgan fingerprint density at radius 2 is 1.50 bits per heavy atom. The molecule has 0 aliphatic heterocycles. The number of anilines is 1. The average molecular weight is 353 g/mol. The number of aryl methyl sites for hydroxylation is 2. The third-order valence-corrected chi connectivity index (χ3v) is 3.92. The van der Waals surface area contributed by atoms with E-state index in [0.717, 1.165) is 23.2 Å². The van der Waals surface area contributed by atoms with Gasteiger partial charge < -0.3 is 16.0 Å². The van der Waals surface area contributed by atoms with Crippen molar-refractivity contribution in [1.29, 1.82) is 0 Å². The second kappa shape index (κ2) is 9.36. The van der Waals surface area contributed by atoms with Gasteiger partial charge in [0.15, 0.2) is 0 Å². The summed E-state index contributed by atoms with van der Waals surface area (Å²) in [6.07, 6.45) is 0.799. The molecule has 0 saturated carbocycles. The lowest BCUT2D eigenvalue weighted by molar-refractivity contribution is -0.123. The minimum atomic E-state index is -0.425. The van der Waals surface area contributed by atoms with Crippen LogP contribution >= 0.6 is 0 Å². The van der Waals surface area contributed by atoms with Gasteiger partial charge in [0.05, 0.1) is 13.1 Å². The highest BCUT2D eigenvalue weighted by Gasteiger charge is 2.11. The van der Waals surface area contributed by atoms with Gasteiger partial charge in [-0.25, -0.2) is 0 Å². The molecule has 0 atom stereocenters. The number of carbonyl (C=O) groups excluding carboxylic acids is 3. The van der Waals surface area contributed by atoms with Crippen LogP contribution in [0.15, 0.2) is 48.5 Å². The molecular weight excluding hydrogens is 330 g/mol. The second-order valence-corrected chi connectivity index (χ2v) is 5.83. The number of benzene rings is 2. The highest BCUT2D eigenvalue weighted by Crippen LogP contribution is 2.14. The Kier molecular flexibility index (Phi) is 6.91. The molecule has 0 saturated heterocycles. The fraction of sp³-hybridized carbons (Fsp3) is 0.250. The molecule has 0 bridgehead atoms. The number of carbonyl (C=O) groups is 3. The van der Waals surface area contributed by atoms with Crippen LogP contribution in [0.2, 0.25) is 0 Å². The quantitative estimate of drug-likeness (QED) is 0.712.